The van der Waals surface area contributed by atoms with Crippen LogP contribution in [0.2, 0.25) is 0 Å². The summed E-state index contributed by atoms with van der Waals surface area (Å²) >= 11 is 0. The van der Waals surface area contributed by atoms with Gasteiger partial charge in [-0.3, -0.25) is 0 Å². The lowest BCUT2D eigenvalue weighted by molar-refractivity contribution is 0.106. The highest BCUT2D eigenvalue weighted by atomic mass is 16.5. The van der Waals surface area contributed by atoms with Gasteiger partial charge < -0.3 is 9.47 Å². The fraction of sp³-hybridized carbons (Fsp3) is 0.290. The maximum atomic E-state index is 7.43. The maximum absolute atomic E-state index is 7.43. The van der Waals surface area contributed by atoms with Gasteiger partial charge in [-0.2, -0.15) is 0 Å². The molecule has 0 N–H and O–H groups in total. The van der Waals surface area contributed by atoms with Crippen LogP contribution in [0.15, 0.2) is 78.9 Å². The quantitative estimate of drug-likeness (QED) is 0.348. The van der Waals surface area contributed by atoms with E-state index in [-0.39, 0.29) is 7.05 Å². The number of benzene rings is 4. The van der Waals surface area contributed by atoms with Gasteiger partial charge in [-0.15, -0.1) is 0 Å². The Kier molecular flexibility index (Phi) is 5.16. The fourth-order valence-electron chi connectivity index (χ4n) is 6.60. The summed E-state index contributed by atoms with van der Waals surface area (Å²) in [6, 6.07) is 29.6. The van der Waals surface area contributed by atoms with E-state index in [0.717, 1.165) is 13.0 Å². The van der Waals surface area contributed by atoms with Crippen LogP contribution < -0.4 is 5.46 Å². The van der Waals surface area contributed by atoms with Crippen LogP contribution in [-0.4, -0.2) is 24.4 Å². The largest absolute Gasteiger partial charge is 0.420 e. The SMILES string of the molecule is Cc1cc(C)cc(C2(c3cc(C)cc(C)c3)OB(c3cccc4ccccc34)N3CCC[C@H]32)c1. The Hall–Kier alpha value is -2.88. The van der Waals surface area contributed by atoms with Crippen molar-refractivity contribution < 1.29 is 4.65 Å². The summed E-state index contributed by atoms with van der Waals surface area (Å²) in [7, 11) is -0.0692. The summed E-state index contributed by atoms with van der Waals surface area (Å²) in [5.74, 6) is 0. The minimum absolute atomic E-state index is 0.0692. The predicted octanol–water partition coefficient (Wildman–Crippen LogP) is 6.21. The Morgan fingerprint density at radius 3 is 2.00 bits per heavy atom. The summed E-state index contributed by atoms with van der Waals surface area (Å²) in [5.41, 5.74) is 8.53. The molecular formula is C31H32BNO. The van der Waals surface area contributed by atoms with Gasteiger partial charge in [0.15, 0.2) is 0 Å². The molecule has 4 aromatic carbocycles. The highest BCUT2D eigenvalue weighted by molar-refractivity contribution is 6.68. The molecule has 0 aliphatic carbocycles. The van der Waals surface area contributed by atoms with Crippen molar-refractivity contribution in [3.8, 4) is 0 Å². The molecule has 0 amide bonds. The molecule has 2 nitrogen and oxygen atoms in total. The number of hydrogen-bond acceptors (Lipinski definition) is 2. The molecule has 0 bridgehead atoms. The van der Waals surface area contributed by atoms with Crippen molar-refractivity contribution in [3.63, 3.8) is 0 Å². The molecule has 2 heterocycles. The van der Waals surface area contributed by atoms with Crippen LogP contribution in [0.25, 0.3) is 10.8 Å². The van der Waals surface area contributed by atoms with Crippen LogP contribution in [0.3, 0.4) is 0 Å². The Balaban J connectivity index is 1.61. The normalized spacial score (nSPS) is 19.6. The first-order valence-electron chi connectivity index (χ1n) is 12.5. The lowest BCUT2D eigenvalue weighted by Crippen LogP contribution is -2.46. The first-order valence-corrected chi connectivity index (χ1v) is 12.5. The summed E-state index contributed by atoms with van der Waals surface area (Å²) in [4.78, 5) is 2.64. The van der Waals surface area contributed by atoms with Gasteiger partial charge >= 0.3 is 7.05 Å². The molecule has 0 unspecified atom stereocenters. The first kappa shape index (κ1) is 21.6. The number of aryl methyl sites for hydroxylation is 4. The zero-order chi connectivity index (χ0) is 23.4. The Morgan fingerprint density at radius 1 is 0.765 bits per heavy atom. The van der Waals surface area contributed by atoms with E-state index >= 15 is 0 Å². The van der Waals surface area contributed by atoms with Crippen LogP contribution in [0.1, 0.15) is 46.2 Å². The summed E-state index contributed by atoms with van der Waals surface area (Å²) in [5, 5.41) is 2.56. The zero-order valence-electron chi connectivity index (χ0n) is 20.6. The molecule has 0 saturated carbocycles. The summed E-state index contributed by atoms with van der Waals surface area (Å²) in [6.07, 6.45) is 2.34. The van der Waals surface area contributed by atoms with Crippen molar-refractivity contribution >= 4 is 23.3 Å². The monoisotopic (exact) mass is 445 g/mol. The Bertz CT molecular complexity index is 1300. The lowest BCUT2D eigenvalue weighted by Gasteiger charge is -2.37. The number of fused-ring (bicyclic) bond motifs is 2. The standard InChI is InChI=1S/C31H32BNO/c1-21-15-22(2)18-26(17-21)31(27-19-23(3)16-24(4)20-27)30-13-8-14-33(30)32(34-31)29-12-7-10-25-9-5-6-11-28(25)29/h5-7,9-12,15-20,30H,8,13-14H2,1-4H3/t30-/m0/s1. The number of nitrogens with zero attached hydrogens (tertiary/aromatic N) is 1. The van der Waals surface area contributed by atoms with E-state index in [9.17, 15) is 0 Å². The van der Waals surface area contributed by atoms with Crippen molar-refractivity contribution in [1.29, 1.82) is 0 Å². The molecular weight excluding hydrogens is 413 g/mol. The van der Waals surface area contributed by atoms with Crippen LogP contribution in [0.5, 0.6) is 0 Å². The Labute approximate surface area is 203 Å². The molecule has 2 aliphatic heterocycles. The van der Waals surface area contributed by atoms with Crippen molar-refractivity contribution in [2.75, 3.05) is 6.54 Å². The molecule has 2 fully saturated rings. The van der Waals surface area contributed by atoms with Crippen LogP contribution in [-0.2, 0) is 10.3 Å². The van der Waals surface area contributed by atoms with Gasteiger partial charge in [-0.25, -0.2) is 0 Å². The molecule has 0 spiro atoms. The van der Waals surface area contributed by atoms with Crippen LogP contribution in [0.4, 0.5) is 0 Å². The second-order valence-electron chi connectivity index (χ2n) is 10.4. The smallest absolute Gasteiger partial charge is 0.402 e. The minimum atomic E-state index is -0.494. The van der Waals surface area contributed by atoms with E-state index in [4.69, 9.17) is 4.65 Å². The van der Waals surface area contributed by atoms with Crippen molar-refractivity contribution in [3.05, 3.63) is 112 Å². The third-order valence-corrected chi connectivity index (χ3v) is 7.75. The van der Waals surface area contributed by atoms with E-state index in [2.05, 4.69) is 111 Å². The maximum Gasteiger partial charge on any atom is 0.420 e. The van der Waals surface area contributed by atoms with Gasteiger partial charge in [-0.05, 0) is 74.4 Å². The van der Waals surface area contributed by atoms with Crippen molar-refractivity contribution in [1.82, 2.24) is 4.81 Å². The van der Waals surface area contributed by atoms with E-state index in [1.165, 1.54) is 56.0 Å². The molecule has 6 rings (SSSR count). The lowest BCUT2D eigenvalue weighted by atomic mass is 9.70. The first-order chi connectivity index (χ1) is 16.5. The van der Waals surface area contributed by atoms with Gasteiger partial charge in [0, 0.05) is 6.04 Å². The summed E-state index contributed by atoms with van der Waals surface area (Å²) < 4.78 is 7.43. The van der Waals surface area contributed by atoms with Gasteiger partial charge in [0.05, 0.1) is 0 Å². The van der Waals surface area contributed by atoms with Gasteiger partial charge in [0.2, 0.25) is 0 Å². The highest BCUT2D eigenvalue weighted by Gasteiger charge is 2.59. The minimum Gasteiger partial charge on any atom is -0.402 e. The highest BCUT2D eigenvalue weighted by Crippen LogP contribution is 2.49. The summed E-state index contributed by atoms with van der Waals surface area (Å²) in [6.45, 7) is 9.88. The molecule has 34 heavy (non-hydrogen) atoms. The fourth-order valence-corrected chi connectivity index (χ4v) is 6.60. The van der Waals surface area contributed by atoms with E-state index in [1.807, 2.05) is 0 Å². The molecule has 1 atom stereocenters. The van der Waals surface area contributed by atoms with Crippen molar-refractivity contribution in [2.45, 2.75) is 52.2 Å². The molecule has 0 aromatic heterocycles. The number of rotatable bonds is 3. The third kappa shape index (κ3) is 3.33. The molecule has 2 aliphatic rings. The van der Waals surface area contributed by atoms with Crippen LogP contribution in [0, 0.1) is 27.7 Å². The average molecular weight is 445 g/mol. The average Bonchev–Trinajstić information content (AvgIpc) is 3.40. The molecule has 4 aromatic rings. The predicted molar refractivity (Wildman–Crippen MR) is 143 cm³/mol. The second kappa shape index (κ2) is 8.11. The van der Waals surface area contributed by atoms with E-state index < -0.39 is 5.60 Å². The second-order valence-corrected chi connectivity index (χ2v) is 10.4. The molecule has 0 radical (unpaired) electrons. The zero-order valence-corrected chi connectivity index (χ0v) is 20.6. The van der Waals surface area contributed by atoms with Gasteiger partial charge in [0.1, 0.15) is 5.60 Å². The molecule has 2 saturated heterocycles. The van der Waals surface area contributed by atoms with E-state index in [1.54, 1.807) is 0 Å². The van der Waals surface area contributed by atoms with Gasteiger partial charge in [0.25, 0.3) is 0 Å². The van der Waals surface area contributed by atoms with Crippen LogP contribution >= 0.6 is 0 Å². The molecule has 170 valence electrons. The topological polar surface area (TPSA) is 12.5 Å². The third-order valence-electron chi connectivity index (χ3n) is 7.75. The van der Waals surface area contributed by atoms with Gasteiger partial charge in [-0.1, -0.05) is 101 Å². The van der Waals surface area contributed by atoms with Crippen molar-refractivity contribution in [2.24, 2.45) is 0 Å². The number of hydrogen-bond donors (Lipinski definition) is 0. The Morgan fingerprint density at radius 2 is 1.35 bits per heavy atom. The van der Waals surface area contributed by atoms with E-state index in [0.29, 0.717) is 6.04 Å². The molecule has 3 heteroatoms.